The number of carbonyl (C=O) groups excluding carboxylic acids is 2. The number of carbonyl (C=O) groups is 2. The summed E-state index contributed by atoms with van der Waals surface area (Å²) in [6.45, 7) is 2.36. The first kappa shape index (κ1) is 17.4. The minimum absolute atomic E-state index is 0.138. The number of anilines is 1. The van der Waals surface area contributed by atoms with E-state index >= 15 is 0 Å². The van der Waals surface area contributed by atoms with Crippen LogP contribution in [-0.2, 0) is 17.8 Å². The summed E-state index contributed by atoms with van der Waals surface area (Å²) in [6, 6.07) is 16.5. The fraction of sp³-hybridized carbons (Fsp3) is 0.190. The number of aryl methyl sites for hydroxylation is 1. The summed E-state index contributed by atoms with van der Waals surface area (Å²) in [5.74, 6) is -0.344. The number of hydrogen-bond donors (Lipinski definition) is 1. The lowest BCUT2D eigenvalue weighted by molar-refractivity contribution is -0.121. The van der Waals surface area contributed by atoms with Crippen molar-refractivity contribution in [3.63, 3.8) is 0 Å². The Morgan fingerprint density at radius 2 is 1.78 bits per heavy atom. The number of nitrogens with one attached hydrogen (secondary N) is 1. The fourth-order valence-corrected chi connectivity index (χ4v) is 3.99. The molecule has 0 unspecified atom stereocenters. The Labute approximate surface area is 161 Å². The van der Waals surface area contributed by atoms with E-state index in [4.69, 9.17) is 0 Å². The van der Waals surface area contributed by atoms with Crippen LogP contribution in [0.5, 0.6) is 0 Å². The highest BCUT2D eigenvalue weighted by atomic mass is 32.1. The molecule has 1 aromatic heterocycles. The van der Waals surface area contributed by atoms with E-state index in [0.717, 1.165) is 16.0 Å². The Morgan fingerprint density at radius 1 is 1.07 bits per heavy atom. The van der Waals surface area contributed by atoms with E-state index in [1.807, 2.05) is 49.4 Å². The van der Waals surface area contributed by atoms with Gasteiger partial charge in [-0.1, -0.05) is 42.5 Å². The highest BCUT2D eigenvalue weighted by molar-refractivity contribution is 7.15. The average molecular weight is 377 g/mol. The van der Waals surface area contributed by atoms with Gasteiger partial charge in [0.05, 0.1) is 0 Å². The zero-order chi connectivity index (χ0) is 18.8. The minimum atomic E-state index is -0.572. The summed E-state index contributed by atoms with van der Waals surface area (Å²) < 4.78 is 0. The fourth-order valence-electron chi connectivity index (χ4n) is 3.32. The number of thiazole rings is 1. The molecule has 2 heterocycles. The van der Waals surface area contributed by atoms with Crippen LogP contribution in [0.25, 0.3) is 0 Å². The third-order valence-electron chi connectivity index (χ3n) is 4.68. The van der Waals surface area contributed by atoms with Crippen LogP contribution in [0.4, 0.5) is 5.13 Å². The molecule has 0 aliphatic carbocycles. The van der Waals surface area contributed by atoms with Crippen LogP contribution >= 0.6 is 11.3 Å². The van der Waals surface area contributed by atoms with Crippen molar-refractivity contribution in [2.45, 2.75) is 25.9 Å². The molecule has 27 heavy (non-hydrogen) atoms. The smallest absolute Gasteiger partial charge is 0.254 e. The minimum Gasteiger partial charge on any atom is -0.322 e. The number of rotatable bonds is 3. The van der Waals surface area contributed by atoms with Crippen LogP contribution < -0.4 is 5.32 Å². The molecule has 6 heteroatoms. The number of nitrogens with zero attached hydrogens (tertiary/aromatic N) is 2. The van der Waals surface area contributed by atoms with Gasteiger partial charge in [-0.2, -0.15) is 0 Å². The Bertz CT molecular complexity index is 984. The topological polar surface area (TPSA) is 62.3 Å². The summed E-state index contributed by atoms with van der Waals surface area (Å²) in [5, 5.41) is 3.43. The lowest BCUT2D eigenvalue weighted by Crippen LogP contribution is -2.50. The molecule has 0 saturated carbocycles. The lowest BCUT2D eigenvalue weighted by Gasteiger charge is -2.36. The number of fused-ring (bicyclic) bond motifs is 1. The van der Waals surface area contributed by atoms with Crippen molar-refractivity contribution in [1.82, 2.24) is 9.88 Å². The molecule has 3 aromatic rings. The van der Waals surface area contributed by atoms with Crippen molar-refractivity contribution in [2.24, 2.45) is 0 Å². The maximum atomic E-state index is 13.1. The number of amides is 2. The number of hydrogen-bond acceptors (Lipinski definition) is 4. The average Bonchev–Trinajstić information content (AvgIpc) is 3.11. The van der Waals surface area contributed by atoms with Gasteiger partial charge in [-0.3, -0.25) is 9.59 Å². The second-order valence-electron chi connectivity index (χ2n) is 6.55. The Morgan fingerprint density at radius 3 is 2.48 bits per heavy atom. The second-order valence-corrected chi connectivity index (χ2v) is 7.79. The Balaban J connectivity index is 1.65. The third-order valence-corrected chi connectivity index (χ3v) is 5.51. The standard InChI is InChI=1S/C21H19N3O2S/c1-14-12-22-21(27-14)23-19(25)18-11-16-9-5-6-10-17(16)13-24(18)20(26)15-7-3-2-4-8-15/h2-10,12,18H,11,13H2,1H3,(H,22,23,25)/t18-/m0/s1. The number of benzene rings is 2. The molecule has 0 saturated heterocycles. The van der Waals surface area contributed by atoms with Crippen LogP contribution in [-0.4, -0.2) is 27.7 Å². The SMILES string of the molecule is Cc1cnc(NC(=O)[C@@H]2Cc3ccccc3CN2C(=O)c2ccccc2)s1. The van der Waals surface area contributed by atoms with Crippen molar-refractivity contribution >= 4 is 28.3 Å². The van der Waals surface area contributed by atoms with Gasteiger partial charge in [-0.05, 0) is 30.2 Å². The molecule has 2 aromatic carbocycles. The molecule has 5 nitrogen and oxygen atoms in total. The predicted octanol–water partition coefficient (Wildman–Crippen LogP) is 3.66. The maximum Gasteiger partial charge on any atom is 0.254 e. The summed E-state index contributed by atoms with van der Waals surface area (Å²) in [7, 11) is 0. The van der Waals surface area contributed by atoms with Gasteiger partial charge in [-0.15, -0.1) is 11.3 Å². The van der Waals surface area contributed by atoms with Crippen molar-refractivity contribution in [2.75, 3.05) is 5.32 Å². The molecule has 0 fully saturated rings. The van der Waals surface area contributed by atoms with E-state index in [1.54, 1.807) is 23.2 Å². The van der Waals surface area contributed by atoms with Gasteiger partial charge >= 0.3 is 0 Å². The first-order valence-electron chi connectivity index (χ1n) is 8.78. The third kappa shape index (κ3) is 3.61. The van der Waals surface area contributed by atoms with Crippen LogP contribution in [0.1, 0.15) is 26.4 Å². The van der Waals surface area contributed by atoms with Crippen LogP contribution in [0.2, 0.25) is 0 Å². The lowest BCUT2D eigenvalue weighted by atomic mass is 9.93. The predicted molar refractivity (Wildman–Crippen MR) is 106 cm³/mol. The summed E-state index contributed by atoms with van der Waals surface area (Å²) in [4.78, 5) is 33.0. The normalized spacial score (nSPS) is 15.9. The Kier molecular flexibility index (Phi) is 4.73. The van der Waals surface area contributed by atoms with Gasteiger partial charge in [0.2, 0.25) is 5.91 Å². The van der Waals surface area contributed by atoms with Crippen molar-refractivity contribution < 1.29 is 9.59 Å². The van der Waals surface area contributed by atoms with Crippen LogP contribution in [0.3, 0.4) is 0 Å². The van der Waals surface area contributed by atoms with Gasteiger partial charge < -0.3 is 10.2 Å². The molecular formula is C21H19N3O2S. The summed E-state index contributed by atoms with van der Waals surface area (Å²) in [5.41, 5.74) is 2.76. The van der Waals surface area contributed by atoms with Gasteiger partial charge in [-0.25, -0.2) is 4.98 Å². The van der Waals surface area contributed by atoms with E-state index in [0.29, 0.717) is 23.7 Å². The molecule has 1 N–H and O–H groups in total. The molecule has 2 amide bonds. The van der Waals surface area contributed by atoms with Gasteiger partial charge in [0.1, 0.15) is 6.04 Å². The van der Waals surface area contributed by atoms with E-state index in [-0.39, 0.29) is 11.8 Å². The van der Waals surface area contributed by atoms with Crippen molar-refractivity contribution in [3.05, 3.63) is 82.4 Å². The molecule has 0 spiro atoms. The van der Waals surface area contributed by atoms with Gasteiger partial charge in [0.15, 0.2) is 5.13 Å². The molecule has 1 aliphatic rings. The van der Waals surface area contributed by atoms with Gasteiger partial charge in [0.25, 0.3) is 5.91 Å². The molecule has 0 radical (unpaired) electrons. The molecule has 1 aliphatic heterocycles. The van der Waals surface area contributed by atoms with Crippen molar-refractivity contribution in [3.8, 4) is 0 Å². The Hall–Kier alpha value is -2.99. The van der Waals surface area contributed by atoms with E-state index in [1.165, 1.54) is 11.3 Å². The first-order chi connectivity index (χ1) is 13.1. The molecular weight excluding hydrogens is 358 g/mol. The summed E-state index contributed by atoms with van der Waals surface area (Å²) in [6.07, 6.45) is 2.22. The molecule has 4 rings (SSSR count). The molecule has 1 atom stereocenters. The van der Waals surface area contributed by atoms with Crippen molar-refractivity contribution in [1.29, 1.82) is 0 Å². The van der Waals surface area contributed by atoms with E-state index in [9.17, 15) is 9.59 Å². The zero-order valence-corrected chi connectivity index (χ0v) is 15.7. The zero-order valence-electron chi connectivity index (χ0n) is 14.9. The second kappa shape index (κ2) is 7.32. The van der Waals surface area contributed by atoms with E-state index in [2.05, 4.69) is 10.3 Å². The maximum absolute atomic E-state index is 13.1. The highest BCUT2D eigenvalue weighted by Gasteiger charge is 2.35. The summed E-state index contributed by atoms with van der Waals surface area (Å²) >= 11 is 1.43. The quantitative estimate of drug-likeness (QED) is 0.758. The first-order valence-corrected chi connectivity index (χ1v) is 9.59. The highest BCUT2D eigenvalue weighted by Crippen LogP contribution is 2.26. The number of aromatic nitrogens is 1. The largest absolute Gasteiger partial charge is 0.322 e. The van der Waals surface area contributed by atoms with Gasteiger partial charge in [0, 0.05) is 29.6 Å². The van der Waals surface area contributed by atoms with Crippen LogP contribution in [0.15, 0.2) is 60.8 Å². The molecule has 136 valence electrons. The van der Waals surface area contributed by atoms with E-state index < -0.39 is 6.04 Å². The molecule has 0 bridgehead atoms. The monoisotopic (exact) mass is 377 g/mol. The van der Waals surface area contributed by atoms with Crippen LogP contribution in [0, 0.1) is 6.92 Å².